The number of unbranched alkanes of at least 4 members (excludes halogenated alkanes) is 1. The zero-order chi connectivity index (χ0) is 23.3. The molecule has 5 nitrogen and oxygen atoms in total. The van der Waals surface area contributed by atoms with Crippen molar-refractivity contribution >= 4 is 15.4 Å². The molecule has 6 atom stereocenters. The Hall–Kier alpha value is -1.26. The number of carbonyl (C=O) groups is 1. The molecular formula is C26H41O5P. The number of hydrogen-bond donors (Lipinski definition) is 2. The van der Waals surface area contributed by atoms with Gasteiger partial charge in [0.25, 0.3) is 0 Å². The van der Waals surface area contributed by atoms with Crippen molar-refractivity contribution in [3.63, 3.8) is 0 Å². The molecule has 1 saturated carbocycles. The van der Waals surface area contributed by atoms with Gasteiger partial charge in [-0.2, -0.15) is 0 Å². The van der Waals surface area contributed by atoms with Gasteiger partial charge in [0.2, 0.25) is 0 Å². The highest BCUT2D eigenvalue weighted by atomic mass is 31.0. The molecule has 0 saturated heterocycles. The van der Waals surface area contributed by atoms with E-state index in [-0.39, 0.29) is 36.1 Å². The Morgan fingerprint density at radius 1 is 1.19 bits per heavy atom. The minimum atomic E-state index is -0.391. The zero-order valence-electron chi connectivity index (χ0n) is 19.6. The van der Waals surface area contributed by atoms with Crippen molar-refractivity contribution in [3.05, 3.63) is 48.0 Å². The Morgan fingerprint density at radius 3 is 2.62 bits per heavy atom. The van der Waals surface area contributed by atoms with E-state index >= 15 is 0 Å². The monoisotopic (exact) mass is 464 g/mol. The molecule has 6 heteroatoms. The van der Waals surface area contributed by atoms with Crippen molar-refractivity contribution in [2.24, 2.45) is 11.8 Å². The first-order chi connectivity index (χ1) is 15.4. The normalized spacial score (nSPS) is 24.3. The Labute approximate surface area is 195 Å². The molecule has 1 aromatic rings. The number of allylic oxidation sites excluding steroid dienone is 2. The number of ether oxygens (including phenoxy) is 1. The fourth-order valence-electron chi connectivity index (χ4n) is 4.60. The fourth-order valence-corrected chi connectivity index (χ4v) is 4.91. The van der Waals surface area contributed by atoms with Gasteiger partial charge in [-0.05, 0) is 76.2 Å². The smallest absolute Gasteiger partial charge is 0.306 e. The van der Waals surface area contributed by atoms with Crippen LogP contribution < -0.4 is 0 Å². The molecule has 2 N–H and O–H groups in total. The summed E-state index contributed by atoms with van der Waals surface area (Å²) in [5.41, 5.74) is 1.24. The van der Waals surface area contributed by atoms with Gasteiger partial charge in [0, 0.05) is 22.3 Å². The number of benzene rings is 1. The molecular weight excluding hydrogens is 423 g/mol. The van der Waals surface area contributed by atoms with Crippen LogP contribution in [-0.4, -0.2) is 40.6 Å². The highest BCUT2D eigenvalue weighted by Gasteiger charge is 2.41. The predicted molar refractivity (Wildman–Crippen MR) is 131 cm³/mol. The molecule has 1 aliphatic carbocycles. The van der Waals surface area contributed by atoms with Crippen molar-refractivity contribution in [1.29, 1.82) is 0 Å². The highest BCUT2D eigenvalue weighted by Crippen LogP contribution is 2.41. The maximum absolute atomic E-state index is 11.6. The molecule has 1 unspecified atom stereocenters. The summed E-state index contributed by atoms with van der Waals surface area (Å²) in [6, 6.07) is 10.2. The van der Waals surface area contributed by atoms with E-state index in [2.05, 4.69) is 33.8 Å². The fraction of sp³-hybridized carbons (Fsp3) is 0.654. The molecule has 32 heavy (non-hydrogen) atoms. The summed E-state index contributed by atoms with van der Waals surface area (Å²) < 4.78 is 10.7. The average molecular weight is 465 g/mol. The number of hydrogen-bond acceptors (Lipinski definition) is 5. The van der Waals surface area contributed by atoms with Crippen LogP contribution in [0.1, 0.15) is 70.8 Å². The summed E-state index contributed by atoms with van der Waals surface area (Å²) in [7, 11) is 2.35. The first-order valence-electron chi connectivity index (χ1n) is 12.0. The van der Waals surface area contributed by atoms with Crippen molar-refractivity contribution in [1.82, 2.24) is 0 Å². The summed E-state index contributed by atoms with van der Waals surface area (Å²) in [6.07, 6.45) is 10.0. The number of esters is 1. The third kappa shape index (κ3) is 9.70. The summed E-state index contributed by atoms with van der Waals surface area (Å²) in [5, 5.41) is 21.1. The minimum Gasteiger partial charge on any atom is -0.463 e. The average Bonchev–Trinajstić information content (AvgIpc) is 3.07. The van der Waals surface area contributed by atoms with Gasteiger partial charge in [0.15, 0.2) is 0 Å². The van der Waals surface area contributed by atoms with Crippen LogP contribution >= 0.6 is 9.47 Å². The van der Waals surface area contributed by atoms with Crippen LogP contribution in [0.3, 0.4) is 0 Å². The molecule has 0 radical (unpaired) electrons. The van der Waals surface area contributed by atoms with Crippen LogP contribution in [0.4, 0.5) is 0 Å². The van der Waals surface area contributed by atoms with Gasteiger partial charge >= 0.3 is 5.97 Å². The van der Waals surface area contributed by atoms with E-state index in [0.29, 0.717) is 19.3 Å². The Kier molecular flexibility index (Phi) is 12.5. The van der Waals surface area contributed by atoms with E-state index < -0.39 is 6.10 Å². The molecule has 180 valence electrons. The van der Waals surface area contributed by atoms with Crippen molar-refractivity contribution in [2.75, 3.05) is 0 Å². The van der Waals surface area contributed by atoms with E-state index in [1.54, 1.807) is 0 Å². The number of aliphatic hydroxyl groups is 2. The molecule has 1 aliphatic rings. The number of aryl methyl sites for hydroxylation is 1. The maximum atomic E-state index is 11.6. The van der Waals surface area contributed by atoms with Gasteiger partial charge in [0.1, 0.15) is 0 Å². The molecule has 0 amide bonds. The standard InChI is InChI=1S/C26H41O5P/c1-19(2)30-26(29)13-9-4-3-8-12-22-23(25(31-32)18-24(22)28)17-16-21(27)15-14-20-10-6-5-7-11-20/h3,5-8,10-11,19,21-25,27-28H,4,9,12-18,32H2,1-2H3/b8-3-/t21-,22+,23+,24-,25+/m0/s1. The van der Waals surface area contributed by atoms with E-state index in [1.165, 1.54) is 5.56 Å². The summed E-state index contributed by atoms with van der Waals surface area (Å²) in [4.78, 5) is 11.6. The van der Waals surface area contributed by atoms with Gasteiger partial charge in [-0.25, -0.2) is 0 Å². The lowest BCUT2D eigenvalue weighted by Crippen LogP contribution is -2.24. The first-order valence-corrected chi connectivity index (χ1v) is 12.5. The van der Waals surface area contributed by atoms with Gasteiger partial charge in [0.05, 0.1) is 24.4 Å². The third-order valence-corrected chi connectivity index (χ3v) is 6.66. The summed E-state index contributed by atoms with van der Waals surface area (Å²) in [6.45, 7) is 3.71. The lowest BCUT2D eigenvalue weighted by Gasteiger charge is -2.25. The van der Waals surface area contributed by atoms with Crippen LogP contribution in [0, 0.1) is 11.8 Å². The Balaban J connectivity index is 1.75. The first kappa shape index (κ1) is 27.0. The second-order valence-electron chi connectivity index (χ2n) is 9.20. The second-order valence-corrected chi connectivity index (χ2v) is 9.47. The lowest BCUT2D eigenvalue weighted by atomic mass is 9.85. The van der Waals surface area contributed by atoms with E-state index in [4.69, 9.17) is 9.26 Å². The predicted octanol–water partition coefficient (Wildman–Crippen LogP) is 5.00. The van der Waals surface area contributed by atoms with Gasteiger partial charge < -0.3 is 19.5 Å². The molecule has 0 aliphatic heterocycles. The van der Waals surface area contributed by atoms with Gasteiger partial charge in [-0.1, -0.05) is 42.5 Å². The molecule has 0 bridgehead atoms. The molecule has 0 spiro atoms. The zero-order valence-corrected chi connectivity index (χ0v) is 20.7. The Bertz CT molecular complexity index is 678. The van der Waals surface area contributed by atoms with Crippen LogP contribution in [0.15, 0.2) is 42.5 Å². The second kappa shape index (κ2) is 14.8. The lowest BCUT2D eigenvalue weighted by molar-refractivity contribution is -0.147. The van der Waals surface area contributed by atoms with Gasteiger partial charge in [-0.15, -0.1) is 0 Å². The number of aliphatic hydroxyl groups excluding tert-OH is 2. The van der Waals surface area contributed by atoms with Gasteiger partial charge in [-0.3, -0.25) is 4.79 Å². The van der Waals surface area contributed by atoms with Crippen molar-refractivity contribution in [3.8, 4) is 0 Å². The molecule has 1 aromatic carbocycles. The van der Waals surface area contributed by atoms with Crippen molar-refractivity contribution < 1.29 is 24.3 Å². The molecule has 2 rings (SSSR count). The molecule has 1 fully saturated rings. The minimum absolute atomic E-state index is 0.000488. The highest BCUT2D eigenvalue weighted by molar-refractivity contribution is 7.09. The quantitative estimate of drug-likeness (QED) is 0.175. The largest absolute Gasteiger partial charge is 0.463 e. The van der Waals surface area contributed by atoms with Crippen LogP contribution in [0.2, 0.25) is 0 Å². The Morgan fingerprint density at radius 2 is 1.94 bits per heavy atom. The SMILES string of the molecule is CC(C)OC(=O)CCC/C=C\C[C@@H]1[C@@H](CC[C@@H](O)CCc2ccccc2)[C@H](OP)C[C@@H]1O. The van der Waals surface area contributed by atoms with E-state index in [9.17, 15) is 15.0 Å². The maximum Gasteiger partial charge on any atom is 0.306 e. The third-order valence-electron chi connectivity index (χ3n) is 6.31. The van der Waals surface area contributed by atoms with Crippen LogP contribution in [0.25, 0.3) is 0 Å². The molecule has 0 heterocycles. The van der Waals surface area contributed by atoms with Crippen LogP contribution in [0.5, 0.6) is 0 Å². The van der Waals surface area contributed by atoms with E-state index in [0.717, 1.165) is 38.5 Å². The summed E-state index contributed by atoms with van der Waals surface area (Å²) >= 11 is 0. The van der Waals surface area contributed by atoms with Crippen LogP contribution in [-0.2, 0) is 20.5 Å². The van der Waals surface area contributed by atoms with E-state index in [1.807, 2.05) is 32.0 Å². The topological polar surface area (TPSA) is 76.0 Å². The molecule has 0 aromatic heterocycles. The number of carbonyl (C=O) groups excluding carboxylic acids is 1. The van der Waals surface area contributed by atoms with Crippen molar-refractivity contribution in [2.45, 2.75) is 96.1 Å². The summed E-state index contributed by atoms with van der Waals surface area (Å²) in [5.74, 6) is 0.203. The number of rotatable bonds is 14.